The first-order chi connectivity index (χ1) is 8.43. The maximum atomic E-state index is 13.7. The van der Waals surface area contributed by atoms with Crippen LogP contribution in [0.5, 0.6) is 0 Å². The molecule has 1 aromatic rings. The molecule has 0 radical (unpaired) electrons. The Kier molecular flexibility index (Phi) is 3.12. The van der Waals surface area contributed by atoms with E-state index in [1.165, 1.54) is 6.07 Å². The average molecular weight is 317 g/mol. The van der Waals surface area contributed by atoms with Crippen molar-refractivity contribution in [3.8, 4) is 0 Å². The van der Waals surface area contributed by atoms with Gasteiger partial charge in [0.2, 0.25) is 11.8 Å². The summed E-state index contributed by atoms with van der Waals surface area (Å²) in [6.45, 7) is 0. The molecule has 0 aromatic heterocycles. The number of benzene rings is 1. The summed E-state index contributed by atoms with van der Waals surface area (Å²) in [5.41, 5.74) is -0.901. The van der Waals surface area contributed by atoms with Gasteiger partial charge in [-0.2, -0.15) is 0 Å². The first-order valence-electron chi connectivity index (χ1n) is 4.85. The third-order valence-electron chi connectivity index (χ3n) is 2.61. The summed E-state index contributed by atoms with van der Waals surface area (Å²) in [5.74, 6) is -3.51. The third kappa shape index (κ3) is 1.88. The molecule has 1 N–H and O–H groups in total. The average Bonchev–Trinajstić information content (AvgIpc) is 2.54. The van der Waals surface area contributed by atoms with Gasteiger partial charge in [-0.3, -0.25) is 25.0 Å². The highest BCUT2D eigenvalue weighted by Crippen LogP contribution is 2.36. The molecule has 2 atom stereocenters. The van der Waals surface area contributed by atoms with Crippen molar-refractivity contribution in [2.45, 2.75) is 10.7 Å². The lowest BCUT2D eigenvalue weighted by Crippen LogP contribution is -2.22. The molecule has 8 heteroatoms. The van der Waals surface area contributed by atoms with Crippen LogP contribution in [0.3, 0.4) is 0 Å². The molecule has 0 aliphatic carbocycles. The van der Waals surface area contributed by atoms with E-state index in [1.54, 1.807) is 0 Å². The summed E-state index contributed by atoms with van der Waals surface area (Å²) in [6, 6.07) is 3.28. The van der Waals surface area contributed by atoms with Crippen LogP contribution in [0.15, 0.2) is 18.2 Å². The van der Waals surface area contributed by atoms with Crippen LogP contribution in [0.1, 0.15) is 11.5 Å². The largest absolute Gasteiger partial charge is 0.295 e. The van der Waals surface area contributed by atoms with Gasteiger partial charge >= 0.3 is 0 Å². The first-order valence-corrected chi connectivity index (χ1v) is 5.76. The monoisotopic (exact) mass is 316 g/mol. The zero-order valence-electron chi connectivity index (χ0n) is 8.72. The van der Waals surface area contributed by atoms with E-state index in [0.29, 0.717) is 0 Å². The number of hydrogen-bond acceptors (Lipinski definition) is 4. The lowest BCUT2D eigenvalue weighted by Gasteiger charge is -2.11. The fourth-order valence-electron chi connectivity index (χ4n) is 1.82. The highest BCUT2D eigenvalue weighted by Gasteiger charge is 2.45. The van der Waals surface area contributed by atoms with Crippen molar-refractivity contribution < 1.29 is 18.9 Å². The number of nitrogens with one attached hydrogen (secondary N) is 1. The summed E-state index contributed by atoms with van der Waals surface area (Å²) < 4.78 is 13.7. The minimum atomic E-state index is -1.24. The standard InChI is InChI=1S/C10H6BrFN2O4/c11-8-7(9(15)13-10(8)16)6-4(12)2-1-3-5(6)14(17)18/h1-3,7-8H,(H,13,15,16). The van der Waals surface area contributed by atoms with Crippen molar-refractivity contribution in [1.29, 1.82) is 0 Å². The van der Waals surface area contributed by atoms with Gasteiger partial charge in [-0.25, -0.2) is 4.39 Å². The van der Waals surface area contributed by atoms with Crippen molar-refractivity contribution in [3.63, 3.8) is 0 Å². The molecule has 0 saturated carbocycles. The van der Waals surface area contributed by atoms with E-state index in [4.69, 9.17) is 0 Å². The van der Waals surface area contributed by atoms with E-state index >= 15 is 0 Å². The Morgan fingerprint density at radius 2 is 2.00 bits per heavy atom. The number of rotatable bonds is 2. The van der Waals surface area contributed by atoms with Crippen molar-refractivity contribution in [3.05, 3.63) is 39.7 Å². The van der Waals surface area contributed by atoms with Crippen LogP contribution in [0.4, 0.5) is 10.1 Å². The molecule has 94 valence electrons. The zero-order valence-corrected chi connectivity index (χ0v) is 10.3. The van der Waals surface area contributed by atoms with Gasteiger partial charge in [0, 0.05) is 6.07 Å². The van der Waals surface area contributed by atoms with Gasteiger partial charge < -0.3 is 0 Å². The Morgan fingerprint density at radius 1 is 1.33 bits per heavy atom. The van der Waals surface area contributed by atoms with Gasteiger partial charge in [-0.15, -0.1) is 0 Å². The molecule has 2 unspecified atom stereocenters. The molecule has 1 saturated heterocycles. The molecule has 2 rings (SSSR count). The second-order valence-electron chi connectivity index (χ2n) is 3.66. The van der Waals surface area contributed by atoms with E-state index in [2.05, 4.69) is 15.9 Å². The number of amides is 2. The quantitative estimate of drug-likeness (QED) is 0.385. The van der Waals surface area contributed by atoms with Crippen molar-refractivity contribution in [2.24, 2.45) is 0 Å². The lowest BCUT2D eigenvalue weighted by molar-refractivity contribution is -0.385. The number of carbonyl (C=O) groups is 2. The summed E-state index contributed by atoms with van der Waals surface area (Å²) in [6.07, 6.45) is 0. The smallest absolute Gasteiger partial charge is 0.276 e. The van der Waals surface area contributed by atoms with Gasteiger partial charge in [0.15, 0.2) is 0 Å². The number of hydrogen-bond donors (Lipinski definition) is 1. The number of carbonyl (C=O) groups excluding carboxylic acids is 2. The van der Waals surface area contributed by atoms with E-state index in [0.717, 1.165) is 12.1 Å². The number of nitro benzene ring substituents is 1. The van der Waals surface area contributed by atoms with Crippen LogP contribution in [0, 0.1) is 15.9 Å². The SMILES string of the molecule is O=C1NC(=O)C(c2c(F)cccc2[N+](=O)[O-])C1Br. The second kappa shape index (κ2) is 4.45. The molecule has 0 bridgehead atoms. The highest BCUT2D eigenvalue weighted by atomic mass is 79.9. The van der Waals surface area contributed by atoms with Gasteiger partial charge in [0.25, 0.3) is 5.69 Å². The Labute approximate surface area is 108 Å². The van der Waals surface area contributed by atoms with Crippen molar-refractivity contribution in [1.82, 2.24) is 5.32 Å². The number of nitro groups is 1. The fraction of sp³-hybridized carbons (Fsp3) is 0.200. The number of alkyl halides is 1. The van der Waals surface area contributed by atoms with E-state index in [-0.39, 0.29) is 5.56 Å². The molecule has 6 nitrogen and oxygen atoms in total. The molecule has 0 spiro atoms. The summed E-state index contributed by atoms with van der Waals surface area (Å²) >= 11 is 2.94. The van der Waals surface area contributed by atoms with Gasteiger partial charge in [-0.1, -0.05) is 22.0 Å². The van der Waals surface area contributed by atoms with Gasteiger partial charge in [-0.05, 0) is 6.07 Å². The highest BCUT2D eigenvalue weighted by molar-refractivity contribution is 9.10. The fourth-order valence-corrected chi connectivity index (χ4v) is 2.44. The molecule has 1 aromatic carbocycles. The van der Waals surface area contributed by atoms with Crippen LogP contribution < -0.4 is 5.32 Å². The maximum absolute atomic E-state index is 13.7. The predicted octanol–water partition coefficient (Wildman–Crippen LogP) is 1.24. The van der Waals surface area contributed by atoms with E-state index < -0.39 is 39.0 Å². The predicted molar refractivity (Wildman–Crippen MR) is 61.7 cm³/mol. The minimum absolute atomic E-state index is 0.382. The summed E-state index contributed by atoms with van der Waals surface area (Å²) in [5, 5.41) is 12.8. The zero-order chi connectivity index (χ0) is 13.4. The van der Waals surface area contributed by atoms with E-state index in [1.807, 2.05) is 5.32 Å². The molecule has 1 aliphatic heterocycles. The Morgan fingerprint density at radius 3 is 2.50 bits per heavy atom. The summed E-state index contributed by atoms with van der Waals surface area (Å²) in [7, 11) is 0. The lowest BCUT2D eigenvalue weighted by atomic mass is 9.95. The van der Waals surface area contributed by atoms with Crippen LogP contribution in [0.25, 0.3) is 0 Å². The Bertz CT molecular complexity index is 563. The van der Waals surface area contributed by atoms with Crippen molar-refractivity contribution in [2.75, 3.05) is 0 Å². The van der Waals surface area contributed by atoms with Gasteiger partial charge in [0.05, 0.1) is 16.4 Å². The molecular formula is C10H6BrFN2O4. The van der Waals surface area contributed by atoms with Crippen LogP contribution in [0.2, 0.25) is 0 Å². The molecule has 1 heterocycles. The Balaban J connectivity index is 2.61. The normalized spacial score (nSPS) is 23.0. The first kappa shape index (κ1) is 12.6. The molecular weight excluding hydrogens is 311 g/mol. The number of halogens is 2. The Hall–Kier alpha value is -1.83. The molecule has 1 fully saturated rings. The second-order valence-corrected chi connectivity index (χ2v) is 4.65. The van der Waals surface area contributed by atoms with Crippen LogP contribution in [-0.2, 0) is 9.59 Å². The van der Waals surface area contributed by atoms with Gasteiger partial charge in [0.1, 0.15) is 10.6 Å². The van der Waals surface area contributed by atoms with E-state index in [9.17, 15) is 24.1 Å². The van der Waals surface area contributed by atoms with Crippen molar-refractivity contribution >= 4 is 33.4 Å². The summed E-state index contributed by atoms with van der Waals surface area (Å²) in [4.78, 5) is 31.9. The van der Waals surface area contributed by atoms with Crippen LogP contribution >= 0.6 is 15.9 Å². The topological polar surface area (TPSA) is 89.3 Å². The molecule has 18 heavy (non-hydrogen) atoms. The number of imide groups is 1. The third-order valence-corrected chi connectivity index (χ3v) is 3.55. The molecule has 1 aliphatic rings. The van der Waals surface area contributed by atoms with Crippen LogP contribution in [-0.4, -0.2) is 21.6 Å². The molecule has 2 amide bonds. The maximum Gasteiger partial charge on any atom is 0.276 e. The minimum Gasteiger partial charge on any atom is -0.295 e. The number of nitrogens with zero attached hydrogens (tertiary/aromatic N) is 1.